The van der Waals surface area contributed by atoms with Crippen LogP contribution in [0.1, 0.15) is 25.2 Å². The predicted octanol–water partition coefficient (Wildman–Crippen LogP) is 1.75. The molecule has 3 N–H and O–H groups in total. The van der Waals surface area contributed by atoms with E-state index in [-0.39, 0.29) is 0 Å². The Bertz CT molecular complexity index is 411. The Hall–Kier alpha value is -1.20. The SMILES string of the molecule is [NH3+]CCCCCc1nc(-c2cccs2)no1. The smallest absolute Gasteiger partial charge is 0.226 e. The van der Waals surface area contributed by atoms with Crippen molar-refractivity contribution in [2.75, 3.05) is 6.54 Å². The molecule has 0 aromatic carbocycles. The van der Waals surface area contributed by atoms with Crippen molar-refractivity contribution in [3.8, 4) is 10.7 Å². The van der Waals surface area contributed by atoms with Crippen molar-refractivity contribution in [1.29, 1.82) is 0 Å². The highest BCUT2D eigenvalue weighted by molar-refractivity contribution is 7.13. The molecule has 0 radical (unpaired) electrons. The maximum Gasteiger partial charge on any atom is 0.226 e. The Morgan fingerprint density at radius 3 is 3.00 bits per heavy atom. The van der Waals surface area contributed by atoms with Crippen LogP contribution in [0.25, 0.3) is 10.7 Å². The zero-order valence-corrected chi connectivity index (χ0v) is 10.0. The van der Waals surface area contributed by atoms with Gasteiger partial charge in [-0.3, -0.25) is 0 Å². The molecule has 0 bridgehead atoms. The molecule has 0 saturated carbocycles. The van der Waals surface area contributed by atoms with Crippen LogP contribution in [-0.2, 0) is 6.42 Å². The molecular weight excluding hydrogens is 222 g/mol. The number of nitrogens with zero attached hydrogens (tertiary/aromatic N) is 2. The summed E-state index contributed by atoms with van der Waals surface area (Å²) in [6.45, 7) is 1.00. The summed E-state index contributed by atoms with van der Waals surface area (Å²) in [6.07, 6.45) is 4.33. The normalized spacial score (nSPS) is 10.8. The van der Waals surface area contributed by atoms with Crippen LogP contribution in [0.2, 0.25) is 0 Å². The molecule has 2 heterocycles. The predicted molar refractivity (Wildman–Crippen MR) is 62.9 cm³/mol. The van der Waals surface area contributed by atoms with E-state index in [0.29, 0.717) is 5.82 Å². The molecule has 0 amide bonds. The van der Waals surface area contributed by atoms with Gasteiger partial charge >= 0.3 is 0 Å². The van der Waals surface area contributed by atoms with Crippen molar-refractivity contribution in [2.45, 2.75) is 25.7 Å². The third-order valence-corrected chi connectivity index (χ3v) is 3.22. The average Bonchev–Trinajstić information content (AvgIpc) is 2.94. The molecule has 5 heteroatoms. The second-order valence-electron chi connectivity index (χ2n) is 3.65. The minimum absolute atomic E-state index is 0.710. The number of hydrogen-bond donors (Lipinski definition) is 1. The van der Waals surface area contributed by atoms with E-state index in [1.165, 1.54) is 12.8 Å². The lowest BCUT2D eigenvalue weighted by molar-refractivity contribution is -0.368. The molecule has 0 atom stereocenters. The molecule has 0 aliphatic rings. The van der Waals surface area contributed by atoms with Crippen molar-refractivity contribution in [3.63, 3.8) is 0 Å². The topological polar surface area (TPSA) is 66.6 Å². The quantitative estimate of drug-likeness (QED) is 0.780. The summed E-state index contributed by atoms with van der Waals surface area (Å²) in [5.74, 6) is 1.45. The van der Waals surface area contributed by atoms with Crippen LogP contribution >= 0.6 is 11.3 Å². The van der Waals surface area contributed by atoms with E-state index in [2.05, 4.69) is 15.9 Å². The third-order valence-electron chi connectivity index (χ3n) is 2.35. The number of thiophene rings is 1. The van der Waals surface area contributed by atoms with Gasteiger partial charge < -0.3 is 10.3 Å². The minimum atomic E-state index is 0.710. The summed E-state index contributed by atoms with van der Waals surface area (Å²) in [5, 5.41) is 5.98. The van der Waals surface area contributed by atoms with Crippen molar-refractivity contribution in [3.05, 3.63) is 23.4 Å². The van der Waals surface area contributed by atoms with E-state index in [1.54, 1.807) is 11.3 Å². The van der Waals surface area contributed by atoms with Gasteiger partial charge in [-0.15, -0.1) is 11.3 Å². The molecular formula is C11H16N3OS+. The van der Waals surface area contributed by atoms with Gasteiger partial charge in [0.1, 0.15) is 0 Å². The number of quaternary nitrogens is 1. The first kappa shape index (κ1) is 11.3. The lowest BCUT2D eigenvalue weighted by atomic mass is 10.2. The van der Waals surface area contributed by atoms with Crippen LogP contribution in [0.4, 0.5) is 0 Å². The molecule has 86 valence electrons. The molecule has 0 spiro atoms. The van der Waals surface area contributed by atoms with Gasteiger partial charge in [0, 0.05) is 6.42 Å². The Labute approximate surface area is 98.5 Å². The van der Waals surface area contributed by atoms with E-state index in [0.717, 1.165) is 30.2 Å². The van der Waals surface area contributed by atoms with E-state index in [1.807, 2.05) is 17.5 Å². The maximum atomic E-state index is 5.20. The van der Waals surface area contributed by atoms with Gasteiger partial charge in [0.05, 0.1) is 11.4 Å². The maximum absolute atomic E-state index is 5.20. The molecule has 0 saturated heterocycles. The highest BCUT2D eigenvalue weighted by Gasteiger charge is 2.08. The van der Waals surface area contributed by atoms with Crippen LogP contribution < -0.4 is 5.73 Å². The molecule has 2 aromatic heterocycles. The number of unbranched alkanes of at least 4 members (excludes halogenated alkanes) is 2. The molecule has 0 unspecified atom stereocenters. The van der Waals surface area contributed by atoms with Crippen LogP contribution in [-0.4, -0.2) is 16.7 Å². The Kier molecular flexibility index (Phi) is 4.07. The zero-order valence-electron chi connectivity index (χ0n) is 9.19. The molecule has 0 aliphatic heterocycles. The fraction of sp³-hybridized carbons (Fsp3) is 0.455. The summed E-state index contributed by atoms with van der Waals surface area (Å²) in [4.78, 5) is 5.43. The lowest BCUT2D eigenvalue weighted by Crippen LogP contribution is -2.50. The summed E-state index contributed by atoms with van der Waals surface area (Å²) < 4.78 is 5.20. The van der Waals surface area contributed by atoms with Gasteiger partial charge in [-0.05, 0) is 30.7 Å². The number of hydrogen-bond acceptors (Lipinski definition) is 4. The Morgan fingerprint density at radius 1 is 1.31 bits per heavy atom. The zero-order chi connectivity index (χ0) is 11.2. The number of rotatable bonds is 6. The van der Waals surface area contributed by atoms with E-state index < -0.39 is 0 Å². The molecule has 4 nitrogen and oxygen atoms in total. The Morgan fingerprint density at radius 2 is 2.25 bits per heavy atom. The van der Waals surface area contributed by atoms with Crippen LogP contribution in [0, 0.1) is 0 Å². The first-order chi connectivity index (χ1) is 7.90. The number of aromatic nitrogens is 2. The Balaban J connectivity index is 1.88. The highest BCUT2D eigenvalue weighted by Crippen LogP contribution is 2.21. The third kappa shape index (κ3) is 2.90. The van der Waals surface area contributed by atoms with Gasteiger partial charge in [0.15, 0.2) is 0 Å². The largest absolute Gasteiger partial charge is 0.358 e. The van der Waals surface area contributed by atoms with Crippen LogP contribution in [0.3, 0.4) is 0 Å². The lowest BCUT2D eigenvalue weighted by Gasteiger charge is -1.92. The summed E-state index contributed by atoms with van der Waals surface area (Å²) in [5.41, 5.74) is 3.82. The van der Waals surface area contributed by atoms with Gasteiger partial charge in [0.25, 0.3) is 0 Å². The standard InChI is InChI=1S/C11H15N3OS/c12-7-3-1-2-6-10-13-11(14-15-10)9-5-4-8-16-9/h4-5,8H,1-3,6-7,12H2/p+1. The minimum Gasteiger partial charge on any atom is -0.358 e. The highest BCUT2D eigenvalue weighted by atomic mass is 32.1. The summed E-state index contributed by atoms with van der Waals surface area (Å²) in [6, 6.07) is 3.99. The first-order valence-electron chi connectivity index (χ1n) is 5.56. The summed E-state index contributed by atoms with van der Waals surface area (Å²) in [7, 11) is 0. The van der Waals surface area contributed by atoms with E-state index in [4.69, 9.17) is 4.52 Å². The molecule has 0 fully saturated rings. The first-order valence-corrected chi connectivity index (χ1v) is 6.44. The van der Waals surface area contributed by atoms with E-state index in [9.17, 15) is 0 Å². The fourth-order valence-corrected chi connectivity index (χ4v) is 2.14. The van der Waals surface area contributed by atoms with Crippen LogP contribution in [0.5, 0.6) is 0 Å². The van der Waals surface area contributed by atoms with E-state index >= 15 is 0 Å². The fourth-order valence-electron chi connectivity index (χ4n) is 1.49. The van der Waals surface area contributed by atoms with Crippen molar-refractivity contribution in [2.24, 2.45) is 0 Å². The summed E-state index contributed by atoms with van der Waals surface area (Å²) >= 11 is 1.63. The van der Waals surface area contributed by atoms with Gasteiger partial charge in [-0.25, -0.2) is 0 Å². The van der Waals surface area contributed by atoms with Crippen molar-refractivity contribution < 1.29 is 10.3 Å². The molecule has 0 aliphatic carbocycles. The van der Waals surface area contributed by atoms with Crippen LogP contribution in [0.15, 0.2) is 22.0 Å². The number of aryl methyl sites for hydroxylation is 1. The van der Waals surface area contributed by atoms with Crippen molar-refractivity contribution >= 4 is 11.3 Å². The average molecular weight is 238 g/mol. The second-order valence-corrected chi connectivity index (χ2v) is 4.60. The van der Waals surface area contributed by atoms with Gasteiger partial charge in [0.2, 0.25) is 11.7 Å². The van der Waals surface area contributed by atoms with Gasteiger partial charge in [-0.2, -0.15) is 4.98 Å². The molecule has 2 rings (SSSR count). The van der Waals surface area contributed by atoms with Gasteiger partial charge in [-0.1, -0.05) is 11.2 Å². The van der Waals surface area contributed by atoms with Crippen molar-refractivity contribution in [1.82, 2.24) is 10.1 Å². The molecule has 16 heavy (non-hydrogen) atoms. The monoisotopic (exact) mass is 238 g/mol. The second kappa shape index (κ2) is 5.77. The molecule has 2 aromatic rings.